The smallest absolute Gasteiger partial charge is 0.251 e. The number of nitrogens with one attached hydrogen (secondary N) is 2. The third kappa shape index (κ3) is 5.29. The second kappa shape index (κ2) is 10.2. The number of rotatable bonds is 8. The van der Waals surface area contributed by atoms with Crippen molar-refractivity contribution in [3.63, 3.8) is 0 Å². The van der Waals surface area contributed by atoms with Gasteiger partial charge in [-0.1, -0.05) is 30.3 Å². The molecule has 190 valence electrons. The molecule has 0 spiro atoms. The van der Waals surface area contributed by atoms with Gasteiger partial charge in [0, 0.05) is 43.0 Å². The fourth-order valence-electron chi connectivity index (χ4n) is 4.71. The first-order valence-electron chi connectivity index (χ1n) is 13.0. The van der Waals surface area contributed by atoms with Crippen LogP contribution < -0.4 is 15.4 Å². The summed E-state index contributed by atoms with van der Waals surface area (Å²) in [4.78, 5) is 17.5. The number of ether oxygens (including phenoxy) is 2. The molecule has 37 heavy (non-hydrogen) atoms. The first kappa shape index (κ1) is 23.5. The number of fused-ring (bicyclic) bond motifs is 1. The topological polar surface area (TPSA) is 89.8 Å². The fourth-order valence-corrected chi connectivity index (χ4v) is 4.71. The number of aromatic nitrogens is 3. The Morgan fingerprint density at radius 2 is 1.89 bits per heavy atom. The Morgan fingerprint density at radius 1 is 1.08 bits per heavy atom. The van der Waals surface area contributed by atoms with Crippen LogP contribution in [0.25, 0.3) is 16.8 Å². The Hall–Kier alpha value is -3.91. The molecule has 8 heteroatoms. The van der Waals surface area contributed by atoms with Gasteiger partial charge in [0.15, 0.2) is 5.65 Å². The monoisotopic (exact) mass is 497 g/mol. The Kier molecular flexibility index (Phi) is 6.49. The number of hydrogen-bond acceptors (Lipinski definition) is 6. The van der Waals surface area contributed by atoms with Crippen molar-refractivity contribution in [1.29, 1.82) is 0 Å². The molecule has 2 N–H and O–H groups in total. The molecule has 2 aliphatic rings. The Labute approximate surface area is 216 Å². The number of carbonyl (C=O) groups excluding carboxylic acids is 1. The summed E-state index contributed by atoms with van der Waals surface area (Å²) in [5.74, 6) is 2.57. The first-order valence-corrected chi connectivity index (χ1v) is 13.0. The average Bonchev–Trinajstić information content (AvgIpc) is 3.63. The summed E-state index contributed by atoms with van der Waals surface area (Å²) in [5, 5.41) is 11.3. The molecule has 2 aromatic carbocycles. The van der Waals surface area contributed by atoms with Gasteiger partial charge in [0.2, 0.25) is 5.88 Å². The highest BCUT2D eigenvalue weighted by Gasteiger charge is 2.25. The molecule has 3 heterocycles. The molecule has 1 saturated carbocycles. The van der Waals surface area contributed by atoms with E-state index in [1.165, 1.54) is 0 Å². The predicted molar refractivity (Wildman–Crippen MR) is 142 cm³/mol. The van der Waals surface area contributed by atoms with Crippen LogP contribution in [-0.4, -0.2) is 46.3 Å². The minimum absolute atomic E-state index is 0.0114. The maximum absolute atomic E-state index is 12.6. The summed E-state index contributed by atoms with van der Waals surface area (Å²) in [7, 11) is 0. The zero-order valence-electron chi connectivity index (χ0n) is 20.9. The van der Waals surface area contributed by atoms with E-state index in [2.05, 4.69) is 15.7 Å². The minimum atomic E-state index is -0.0114. The van der Waals surface area contributed by atoms with E-state index in [1.54, 1.807) is 0 Å². The van der Waals surface area contributed by atoms with Crippen LogP contribution in [0, 0.1) is 12.8 Å². The van der Waals surface area contributed by atoms with Gasteiger partial charge in [-0.25, -0.2) is 0 Å². The van der Waals surface area contributed by atoms with E-state index in [4.69, 9.17) is 14.5 Å². The molecule has 2 fully saturated rings. The summed E-state index contributed by atoms with van der Waals surface area (Å²) in [6.45, 7) is 4.41. The van der Waals surface area contributed by atoms with Gasteiger partial charge in [0.05, 0.1) is 6.20 Å². The fraction of sp³-hybridized carbons (Fsp3) is 0.345. The number of anilines is 1. The molecule has 0 bridgehead atoms. The summed E-state index contributed by atoms with van der Waals surface area (Å²) >= 11 is 0. The van der Waals surface area contributed by atoms with Crippen molar-refractivity contribution in [2.75, 3.05) is 25.1 Å². The second-order valence-electron chi connectivity index (χ2n) is 9.90. The SMILES string of the molecule is Cc1cc(-c2cnn3c(NCC4CCOCC4)cc(Oc4ccccc4)nc23)ccc1C(=O)NC1CC1. The highest BCUT2D eigenvalue weighted by Crippen LogP contribution is 2.31. The second-order valence-corrected chi connectivity index (χ2v) is 9.90. The number of aryl methyl sites for hydroxylation is 1. The zero-order chi connectivity index (χ0) is 25.2. The van der Waals surface area contributed by atoms with Gasteiger partial charge in [-0.15, -0.1) is 0 Å². The molecule has 1 saturated heterocycles. The Bertz CT molecular complexity index is 1410. The molecule has 6 rings (SSSR count). The van der Waals surface area contributed by atoms with Crippen molar-refractivity contribution in [2.24, 2.45) is 5.92 Å². The Morgan fingerprint density at radius 3 is 2.65 bits per heavy atom. The van der Waals surface area contributed by atoms with Gasteiger partial charge in [0.1, 0.15) is 11.6 Å². The van der Waals surface area contributed by atoms with E-state index in [0.717, 1.165) is 73.7 Å². The van der Waals surface area contributed by atoms with Crippen molar-refractivity contribution in [3.8, 4) is 22.8 Å². The van der Waals surface area contributed by atoms with Gasteiger partial charge in [-0.05, 0) is 67.9 Å². The number of para-hydroxylation sites is 1. The molecule has 0 radical (unpaired) electrons. The number of carbonyl (C=O) groups is 1. The number of hydrogen-bond donors (Lipinski definition) is 2. The molecule has 8 nitrogen and oxygen atoms in total. The minimum Gasteiger partial charge on any atom is -0.439 e. The van der Waals surface area contributed by atoms with Crippen LogP contribution >= 0.6 is 0 Å². The van der Waals surface area contributed by atoms with E-state index >= 15 is 0 Å². The number of nitrogens with zero attached hydrogens (tertiary/aromatic N) is 3. The van der Waals surface area contributed by atoms with Crippen molar-refractivity contribution in [1.82, 2.24) is 19.9 Å². The van der Waals surface area contributed by atoms with E-state index in [9.17, 15) is 4.79 Å². The molecule has 1 aliphatic heterocycles. The molecule has 0 atom stereocenters. The zero-order valence-corrected chi connectivity index (χ0v) is 20.9. The molecule has 1 aliphatic carbocycles. The molecule has 2 aromatic heterocycles. The lowest BCUT2D eigenvalue weighted by Gasteiger charge is -2.22. The maximum atomic E-state index is 12.6. The van der Waals surface area contributed by atoms with E-state index in [-0.39, 0.29) is 5.91 Å². The van der Waals surface area contributed by atoms with Crippen molar-refractivity contribution < 1.29 is 14.3 Å². The quantitative estimate of drug-likeness (QED) is 0.347. The van der Waals surface area contributed by atoms with Crippen molar-refractivity contribution in [2.45, 2.75) is 38.6 Å². The van der Waals surface area contributed by atoms with Gasteiger partial charge in [0.25, 0.3) is 5.91 Å². The predicted octanol–water partition coefficient (Wildman–Crippen LogP) is 5.23. The highest BCUT2D eigenvalue weighted by molar-refractivity contribution is 5.97. The van der Waals surface area contributed by atoms with Gasteiger partial charge >= 0.3 is 0 Å². The lowest BCUT2D eigenvalue weighted by atomic mass is 10.0. The van der Waals surface area contributed by atoms with E-state index in [1.807, 2.05) is 72.2 Å². The summed E-state index contributed by atoms with van der Waals surface area (Å²) in [6.07, 6.45) is 6.04. The summed E-state index contributed by atoms with van der Waals surface area (Å²) < 4.78 is 13.5. The van der Waals surface area contributed by atoms with Crippen LogP contribution in [0.15, 0.2) is 60.8 Å². The van der Waals surface area contributed by atoms with Crippen LogP contribution in [0.1, 0.15) is 41.6 Å². The lowest BCUT2D eigenvalue weighted by Crippen LogP contribution is -2.26. The van der Waals surface area contributed by atoms with Crippen molar-refractivity contribution in [3.05, 3.63) is 71.9 Å². The van der Waals surface area contributed by atoms with Crippen molar-refractivity contribution >= 4 is 17.4 Å². The van der Waals surface area contributed by atoms with Crippen LogP contribution in [0.5, 0.6) is 11.6 Å². The third-order valence-corrected chi connectivity index (χ3v) is 7.02. The molecule has 1 amide bonds. The number of amides is 1. The summed E-state index contributed by atoms with van der Waals surface area (Å²) in [5.41, 5.74) is 4.15. The molecule has 4 aromatic rings. The van der Waals surface area contributed by atoms with E-state index in [0.29, 0.717) is 29.1 Å². The van der Waals surface area contributed by atoms with Crippen LogP contribution in [0.2, 0.25) is 0 Å². The van der Waals surface area contributed by atoms with Gasteiger partial charge < -0.3 is 20.1 Å². The van der Waals surface area contributed by atoms with E-state index < -0.39 is 0 Å². The standard InChI is InChI=1S/C29H31N5O3/c1-19-15-21(7-10-24(19)29(35)32-22-8-9-22)25-18-31-34-26(30-17-20-11-13-36-14-12-20)16-27(33-28(25)34)37-23-5-3-2-4-6-23/h2-7,10,15-16,18,20,22,30H,8-9,11-14,17H2,1H3,(H,32,35). The largest absolute Gasteiger partial charge is 0.439 e. The Balaban J connectivity index is 1.34. The lowest BCUT2D eigenvalue weighted by molar-refractivity contribution is 0.0699. The van der Waals surface area contributed by atoms with Crippen LogP contribution in [-0.2, 0) is 4.74 Å². The molecular weight excluding hydrogens is 466 g/mol. The number of benzene rings is 2. The third-order valence-electron chi connectivity index (χ3n) is 7.02. The average molecular weight is 498 g/mol. The highest BCUT2D eigenvalue weighted by atomic mass is 16.5. The molecular formula is C29H31N5O3. The van der Waals surface area contributed by atoms with Crippen LogP contribution in [0.3, 0.4) is 0 Å². The normalized spacial score (nSPS) is 16.0. The first-order chi connectivity index (χ1) is 18.1. The maximum Gasteiger partial charge on any atom is 0.251 e. The summed E-state index contributed by atoms with van der Waals surface area (Å²) in [6, 6.07) is 17.8. The van der Waals surface area contributed by atoms with Gasteiger partial charge in [-0.3, -0.25) is 4.79 Å². The molecule has 0 unspecified atom stereocenters. The van der Waals surface area contributed by atoms with Crippen LogP contribution in [0.4, 0.5) is 5.82 Å². The van der Waals surface area contributed by atoms with Gasteiger partial charge in [-0.2, -0.15) is 14.6 Å².